The maximum absolute atomic E-state index is 11.8. The van der Waals surface area contributed by atoms with Crippen LogP contribution in [0.15, 0.2) is 34.8 Å². The summed E-state index contributed by atoms with van der Waals surface area (Å²) in [6.07, 6.45) is 8.22. The van der Waals surface area contributed by atoms with Crippen molar-refractivity contribution in [3.63, 3.8) is 0 Å². The van der Waals surface area contributed by atoms with Gasteiger partial charge in [-0.15, -0.1) is 0 Å². The van der Waals surface area contributed by atoms with E-state index in [1.807, 2.05) is 30.3 Å². The number of carbonyl (C=O) groups is 1. The van der Waals surface area contributed by atoms with Gasteiger partial charge in [0.2, 0.25) is 5.91 Å². The number of unbranched alkanes of at least 4 members (excludes halogenated alkanes) is 1. The predicted molar refractivity (Wildman–Crippen MR) is 89.5 cm³/mol. The first-order valence-electron chi connectivity index (χ1n) is 7.37. The molecular formula is C17H24BrNO. The van der Waals surface area contributed by atoms with E-state index in [1.54, 1.807) is 6.08 Å². The van der Waals surface area contributed by atoms with E-state index in [-0.39, 0.29) is 5.91 Å². The van der Waals surface area contributed by atoms with Gasteiger partial charge in [0, 0.05) is 17.1 Å². The highest BCUT2D eigenvalue weighted by molar-refractivity contribution is 9.10. The van der Waals surface area contributed by atoms with Gasteiger partial charge in [0.25, 0.3) is 0 Å². The van der Waals surface area contributed by atoms with Crippen LogP contribution in [0.4, 0.5) is 0 Å². The van der Waals surface area contributed by atoms with Crippen LogP contribution in [0.1, 0.15) is 45.1 Å². The molecule has 0 heterocycles. The summed E-state index contributed by atoms with van der Waals surface area (Å²) in [6.45, 7) is 5.16. The smallest absolute Gasteiger partial charge is 0.244 e. The van der Waals surface area contributed by atoms with Gasteiger partial charge in [0.15, 0.2) is 0 Å². The summed E-state index contributed by atoms with van der Waals surface area (Å²) < 4.78 is 1.04. The van der Waals surface area contributed by atoms with Gasteiger partial charge in [-0.05, 0) is 36.1 Å². The molecule has 1 atom stereocenters. The summed E-state index contributed by atoms with van der Waals surface area (Å²) in [5.74, 6) is 0.586. The monoisotopic (exact) mass is 337 g/mol. The minimum Gasteiger partial charge on any atom is -0.352 e. The molecule has 20 heavy (non-hydrogen) atoms. The first kappa shape index (κ1) is 17.0. The lowest BCUT2D eigenvalue weighted by Crippen LogP contribution is -2.27. The number of benzene rings is 1. The Morgan fingerprint density at radius 3 is 2.60 bits per heavy atom. The van der Waals surface area contributed by atoms with E-state index < -0.39 is 0 Å². The van der Waals surface area contributed by atoms with Gasteiger partial charge in [-0.1, -0.05) is 61.2 Å². The Morgan fingerprint density at radius 1 is 1.30 bits per heavy atom. The molecule has 0 spiro atoms. The van der Waals surface area contributed by atoms with Crippen molar-refractivity contribution in [2.75, 3.05) is 6.54 Å². The van der Waals surface area contributed by atoms with E-state index in [0.29, 0.717) is 5.92 Å². The van der Waals surface area contributed by atoms with Crippen molar-refractivity contribution >= 4 is 27.9 Å². The lowest BCUT2D eigenvalue weighted by atomic mass is 9.99. The molecule has 0 saturated carbocycles. The average molecular weight is 338 g/mol. The molecule has 0 aliphatic rings. The quantitative estimate of drug-likeness (QED) is 0.678. The molecule has 1 amide bonds. The minimum atomic E-state index is -0.0112. The molecule has 2 nitrogen and oxygen atoms in total. The molecule has 0 aromatic heterocycles. The Balaban J connectivity index is 2.37. The van der Waals surface area contributed by atoms with Gasteiger partial charge in [-0.3, -0.25) is 4.79 Å². The van der Waals surface area contributed by atoms with E-state index in [1.165, 1.54) is 19.3 Å². The highest BCUT2D eigenvalue weighted by Gasteiger charge is 2.06. The molecule has 1 aromatic rings. The van der Waals surface area contributed by atoms with Crippen LogP contribution in [-0.4, -0.2) is 12.5 Å². The van der Waals surface area contributed by atoms with Crippen LogP contribution < -0.4 is 5.32 Å². The maximum Gasteiger partial charge on any atom is 0.244 e. The van der Waals surface area contributed by atoms with Gasteiger partial charge in [0.1, 0.15) is 0 Å². The third-order valence-electron chi connectivity index (χ3n) is 3.41. The van der Waals surface area contributed by atoms with Crippen molar-refractivity contribution in [3.05, 3.63) is 40.4 Å². The van der Waals surface area contributed by atoms with Crippen LogP contribution >= 0.6 is 15.9 Å². The molecule has 0 fully saturated rings. The number of hydrogen-bond donors (Lipinski definition) is 1. The van der Waals surface area contributed by atoms with Crippen molar-refractivity contribution in [2.24, 2.45) is 5.92 Å². The maximum atomic E-state index is 11.8. The second-order valence-corrected chi connectivity index (χ2v) is 5.96. The second kappa shape index (κ2) is 9.76. The van der Waals surface area contributed by atoms with E-state index in [4.69, 9.17) is 0 Å². The van der Waals surface area contributed by atoms with E-state index in [2.05, 4.69) is 35.1 Å². The topological polar surface area (TPSA) is 29.1 Å². The molecule has 1 N–H and O–H groups in total. The molecule has 0 unspecified atom stereocenters. The molecule has 1 rings (SSSR count). The highest BCUT2D eigenvalue weighted by Crippen LogP contribution is 2.12. The third kappa shape index (κ3) is 6.90. The molecule has 3 heteroatoms. The van der Waals surface area contributed by atoms with Gasteiger partial charge in [-0.25, -0.2) is 0 Å². The first-order chi connectivity index (χ1) is 9.65. The van der Waals surface area contributed by atoms with Crippen molar-refractivity contribution in [2.45, 2.75) is 39.5 Å². The van der Waals surface area contributed by atoms with E-state index in [0.717, 1.165) is 23.0 Å². The van der Waals surface area contributed by atoms with Gasteiger partial charge in [0.05, 0.1) is 0 Å². The van der Waals surface area contributed by atoms with Gasteiger partial charge < -0.3 is 5.32 Å². The van der Waals surface area contributed by atoms with Crippen molar-refractivity contribution in [1.82, 2.24) is 5.32 Å². The molecule has 0 radical (unpaired) electrons. The normalized spacial score (nSPS) is 12.6. The molecule has 0 aliphatic carbocycles. The fraction of sp³-hybridized carbons (Fsp3) is 0.471. The number of nitrogens with one attached hydrogen (secondary N) is 1. The predicted octanol–water partition coefficient (Wildman–Crippen LogP) is 4.79. The van der Waals surface area contributed by atoms with Gasteiger partial charge in [-0.2, -0.15) is 0 Å². The summed E-state index contributed by atoms with van der Waals surface area (Å²) >= 11 is 3.39. The highest BCUT2D eigenvalue weighted by atomic mass is 79.9. The Morgan fingerprint density at radius 2 is 2.00 bits per heavy atom. The summed E-state index contributed by atoms with van der Waals surface area (Å²) in [5, 5.41) is 2.99. The number of hydrogen-bond acceptors (Lipinski definition) is 1. The third-order valence-corrected chi connectivity index (χ3v) is 3.93. The summed E-state index contributed by atoms with van der Waals surface area (Å²) in [5.41, 5.74) is 1.03. The minimum absolute atomic E-state index is 0.0112. The van der Waals surface area contributed by atoms with Crippen LogP contribution in [0.25, 0.3) is 6.08 Å². The number of amides is 1. The van der Waals surface area contributed by atoms with Crippen molar-refractivity contribution < 1.29 is 4.79 Å². The summed E-state index contributed by atoms with van der Waals surface area (Å²) in [6, 6.07) is 7.89. The summed E-state index contributed by atoms with van der Waals surface area (Å²) in [7, 11) is 0. The zero-order valence-electron chi connectivity index (χ0n) is 12.4. The SMILES string of the molecule is CCCC[C@H](CC)CNC(=O)/C=C\c1ccc(Br)cc1. The molecule has 0 saturated heterocycles. The molecule has 110 valence electrons. The van der Waals surface area contributed by atoms with Crippen LogP contribution in [0, 0.1) is 5.92 Å². The second-order valence-electron chi connectivity index (χ2n) is 5.05. The summed E-state index contributed by atoms with van der Waals surface area (Å²) in [4.78, 5) is 11.8. The van der Waals surface area contributed by atoms with Gasteiger partial charge >= 0.3 is 0 Å². The number of carbonyl (C=O) groups excluding carboxylic acids is 1. The lowest BCUT2D eigenvalue weighted by Gasteiger charge is -2.14. The molecule has 0 bridgehead atoms. The Kier molecular flexibility index (Phi) is 8.28. The lowest BCUT2D eigenvalue weighted by molar-refractivity contribution is -0.116. The van der Waals surface area contributed by atoms with Crippen LogP contribution in [0.2, 0.25) is 0 Å². The Labute approximate surface area is 130 Å². The number of rotatable bonds is 8. The Hall–Kier alpha value is -1.09. The first-order valence-corrected chi connectivity index (χ1v) is 8.16. The number of halogens is 1. The van der Waals surface area contributed by atoms with Crippen LogP contribution in [-0.2, 0) is 4.79 Å². The fourth-order valence-electron chi connectivity index (χ4n) is 1.99. The van der Waals surface area contributed by atoms with Crippen molar-refractivity contribution in [1.29, 1.82) is 0 Å². The fourth-order valence-corrected chi connectivity index (χ4v) is 2.26. The van der Waals surface area contributed by atoms with E-state index >= 15 is 0 Å². The van der Waals surface area contributed by atoms with Crippen LogP contribution in [0.5, 0.6) is 0 Å². The average Bonchev–Trinajstić information content (AvgIpc) is 2.47. The molecule has 0 aliphatic heterocycles. The zero-order chi connectivity index (χ0) is 14.8. The molecule has 1 aromatic carbocycles. The zero-order valence-corrected chi connectivity index (χ0v) is 13.9. The van der Waals surface area contributed by atoms with E-state index in [9.17, 15) is 4.79 Å². The standard InChI is InChI=1S/C17H24BrNO/c1-3-5-6-14(4-2)13-19-17(20)12-9-15-7-10-16(18)11-8-15/h7-12,14H,3-6,13H2,1-2H3,(H,19,20)/b12-9-/t14-/m0/s1. The van der Waals surface area contributed by atoms with Crippen LogP contribution in [0.3, 0.4) is 0 Å². The largest absolute Gasteiger partial charge is 0.352 e. The van der Waals surface area contributed by atoms with Crippen molar-refractivity contribution in [3.8, 4) is 0 Å². The molecular weight excluding hydrogens is 314 g/mol. The Bertz CT molecular complexity index is 425.